The van der Waals surface area contributed by atoms with Gasteiger partial charge in [0.15, 0.2) is 0 Å². The van der Waals surface area contributed by atoms with Gasteiger partial charge in [-0.3, -0.25) is 9.69 Å². The molecular weight excluding hydrogens is 248 g/mol. The van der Waals surface area contributed by atoms with Crippen LogP contribution in [0.3, 0.4) is 0 Å². The second kappa shape index (κ2) is 5.14. The predicted octanol–water partition coefficient (Wildman–Crippen LogP) is 1.15. The molecule has 100 valence electrons. The summed E-state index contributed by atoms with van der Waals surface area (Å²) < 4.78 is 10.2. The third-order valence-electron chi connectivity index (χ3n) is 2.84. The molecule has 0 N–H and O–H groups in total. The van der Waals surface area contributed by atoms with E-state index >= 15 is 0 Å². The Morgan fingerprint density at radius 3 is 3.00 bits per heavy atom. The second-order valence-corrected chi connectivity index (χ2v) is 4.20. The number of amides is 1. The number of oxazole rings is 1. The summed E-state index contributed by atoms with van der Waals surface area (Å²) in [4.78, 5) is 28.8. The molecule has 1 aliphatic heterocycles. The number of anilines is 1. The maximum absolute atomic E-state index is 11.8. The molecule has 0 radical (unpaired) electrons. The van der Waals surface area contributed by atoms with Crippen molar-refractivity contribution in [2.75, 3.05) is 18.1 Å². The van der Waals surface area contributed by atoms with Crippen molar-refractivity contribution in [3.63, 3.8) is 0 Å². The summed E-state index contributed by atoms with van der Waals surface area (Å²) in [6.45, 7) is 3.93. The normalized spacial score (nSPS) is 18.5. The third kappa shape index (κ3) is 2.45. The fourth-order valence-corrected chi connectivity index (χ4v) is 1.89. The zero-order valence-corrected chi connectivity index (χ0v) is 10.8. The molecular formula is C13H14N2O4. The molecule has 0 spiro atoms. The smallest absolute Gasteiger partial charge is 0.376 e. The SMILES string of the molecule is C#CC1CC(=O)N(c2nc(C)c(C(=O)OCC)o2)C1. The fourth-order valence-electron chi connectivity index (χ4n) is 1.89. The predicted molar refractivity (Wildman–Crippen MR) is 66.5 cm³/mol. The average Bonchev–Trinajstić information content (AvgIpc) is 2.92. The zero-order chi connectivity index (χ0) is 14.0. The summed E-state index contributed by atoms with van der Waals surface area (Å²) in [6.07, 6.45) is 5.58. The van der Waals surface area contributed by atoms with Crippen LogP contribution in [0, 0.1) is 25.2 Å². The van der Waals surface area contributed by atoms with Gasteiger partial charge in [-0.15, -0.1) is 12.3 Å². The van der Waals surface area contributed by atoms with Gasteiger partial charge in [0.05, 0.1) is 12.3 Å². The summed E-state index contributed by atoms with van der Waals surface area (Å²) in [6, 6.07) is 0.100. The van der Waals surface area contributed by atoms with E-state index in [0.29, 0.717) is 12.2 Å². The first-order valence-corrected chi connectivity index (χ1v) is 5.97. The minimum Gasteiger partial charge on any atom is -0.460 e. The molecule has 0 aromatic carbocycles. The summed E-state index contributed by atoms with van der Waals surface area (Å²) in [5, 5.41) is 0. The van der Waals surface area contributed by atoms with Gasteiger partial charge in [-0.05, 0) is 13.8 Å². The van der Waals surface area contributed by atoms with Crippen LogP contribution in [0.2, 0.25) is 0 Å². The van der Waals surface area contributed by atoms with Crippen LogP contribution in [-0.2, 0) is 9.53 Å². The summed E-state index contributed by atoms with van der Waals surface area (Å²) >= 11 is 0. The highest BCUT2D eigenvalue weighted by Crippen LogP contribution is 2.26. The molecule has 1 aliphatic rings. The van der Waals surface area contributed by atoms with Crippen LogP contribution in [0.4, 0.5) is 6.01 Å². The van der Waals surface area contributed by atoms with Crippen molar-refractivity contribution in [2.45, 2.75) is 20.3 Å². The number of aryl methyl sites for hydroxylation is 1. The highest BCUT2D eigenvalue weighted by atomic mass is 16.5. The first-order chi connectivity index (χ1) is 9.06. The molecule has 2 heterocycles. The van der Waals surface area contributed by atoms with Gasteiger partial charge in [0, 0.05) is 18.9 Å². The number of esters is 1. The lowest BCUT2D eigenvalue weighted by molar-refractivity contribution is -0.117. The van der Waals surface area contributed by atoms with E-state index in [0.717, 1.165) is 0 Å². The largest absolute Gasteiger partial charge is 0.460 e. The van der Waals surface area contributed by atoms with Crippen molar-refractivity contribution >= 4 is 17.9 Å². The molecule has 1 aromatic heterocycles. The number of terminal acetylenes is 1. The Morgan fingerprint density at radius 1 is 1.68 bits per heavy atom. The van der Waals surface area contributed by atoms with E-state index in [9.17, 15) is 9.59 Å². The first kappa shape index (κ1) is 13.1. The minimum absolute atomic E-state index is 0.0220. The highest BCUT2D eigenvalue weighted by Gasteiger charge is 2.33. The molecule has 2 rings (SSSR count). The van der Waals surface area contributed by atoms with Crippen LogP contribution < -0.4 is 4.90 Å². The summed E-state index contributed by atoms with van der Waals surface area (Å²) in [5.41, 5.74) is 0.394. The molecule has 6 heteroatoms. The molecule has 1 fully saturated rings. The van der Waals surface area contributed by atoms with Crippen LogP contribution in [0.1, 0.15) is 29.6 Å². The number of aromatic nitrogens is 1. The zero-order valence-electron chi connectivity index (χ0n) is 10.8. The quantitative estimate of drug-likeness (QED) is 0.603. The van der Waals surface area contributed by atoms with Crippen LogP contribution in [-0.4, -0.2) is 30.0 Å². The minimum atomic E-state index is -0.584. The Bertz CT molecular complexity index is 555. The molecule has 19 heavy (non-hydrogen) atoms. The van der Waals surface area contributed by atoms with E-state index in [-0.39, 0.29) is 36.6 Å². The number of carbonyl (C=O) groups excluding carboxylic acids is 2. The van der Waals surface area contributed by atoms with Crippen LogP contribution in [0.5, 0.6) is 0 Å². The Labute approximate surface area is 110 Å². The van der Waals surface area contributed by atoms with Gasteiger partial charge in [-0.2, -0.15) is 4.98 Å². The lowest BCUT2D eigenvalue weighted by Gasteiger charge is -2.09. The molecule has 0 saturated carbocycles. The molecule has 1 aromatic rings. The van der Waals surface area contributed by atoms with Crippen molar-refractivity contribution in [1.29, 1.82) is 0 Å². The highest BCUT2D eigenvalue weighted by molar-refractivity contribution is 5.95. The molecule has 6 nitrogen and oxygen atoms in total. The van der Waals surface area contributed by atoms with Gasteiger partial charge >= 0.3 is 12.0 Å². The van der Waals surface area contributed by atoms with Crippen LogP contribution >= 0.6 is 0 Å². The monoisotopic (exact) mass is 262 g/mol. The van der Waals surface area contributed by atoms with E-state index in [2.05, 4.69) is 10.9 Å². The molecule has 1 saturated heterocycles. The van der Waals surface area contributed by atoms with Crippen molar-refractivity contribution in [1.82, 2.24) is 4.98 Å². The van der Waals surface area contributed by atoms with Gasteiger partial charge in [0.1, 0.15) is 0 Å². The van der Waals surface area contributed by atoms with E-state index in [1.54, 1.807) is 13.8 Å². The van der Waals surface area contributed by atoms with Gasteiger partial charge in [-0.1, -0.05) is 0 Å². The van der Waals surface area contributed by atoms with Crippen molar-refractivity contribution in [3.05, 3.63) is 11.5 Å². The molecule has 0 bridgehead atoms. The Balaban J connectivity index is 2.23. The van der Waals surface area contributed by atoms with Crippen molar-refractivity contribution in [2.24, 2.45) is 5.92 Å². The van der Waals surface area contributed by atoms with E-state index in [1.165, 1.54) is 4.90 Å². The van der Waals surface area contributed by atoms with Crippen molar-refractivity contribution in [3.8, 4) is 12.3 Å². The van der Waals surface area contributed by atoms with E-state index in [4.69, 9.17) is 15.6 Å². The molecule has 0 aliphatic carbocycles. The van der Waals surface area contributed by atoms with Crippen LogP contribution in [0.15, 0.2) is 4.42 Å². The maximum Gasteiger partial charge on any atom is 0.376 e. The number of rotatable bonds is 3. The topological polar surface area (TPSA) is 72.6 Å². The third-order valence-corrected chi connectivity index (χ3v) is 2.84. The Morgan fingerprint density at radius 2 is 2.42 bits per heavy atom. The van der Waals surface area contributed by atoms with E-state index < -0.39 is 5.97 Å². The van der Waals surface area contributed by atoms with Crippen molar-refractivity contribution < 1.29 is 18.7 Å². The number of nitrogens with zero attached hydrogens (tertiary/aromatic N) is 2. The van der Waals surface area contributed by atoms with Gasteiger partial charge in [-0.25, -0.2) is 4.79 Å². The second-order valence-electron chi connectivity index (χ2n) is 4.20. The number of carbonyl (C=O) groups is 2. The number of ether oxygens (including phenoxy) is 1. The molecule has 1 unspecified atom stereocenters. The van der Waals surface area contributed by atoms with E-state index in [1.807, 2.05) is 0 Å². The Kier molecular flexibility index (Phi) is 3.56. The standard InChI is InChI=1S/C13H14N2O4/c1-4-9-6-10(16)15(7-9)13-14-8(3)11(19-13)12(17)18-5-2/h1,9H,5-7H2,2-3H3. The van der Waals surface area contributed by atoms with Gasteiger partial charge < -0.3 is 9.15 Å². The van der Waals surface area contributed by atoms with Gasteiger partial charge in [0.2, 0.25) is 11.7 Å². The number of hydrogen-bond acceptors (Lipinski definition) is 5. The van der Waals surface area contributed by atoms with Crippen LogP contribution in [0.25, 0.3) is 0 Å². The molecule has 1 amide bonds. The first-order valence-electron chi connectivity index (χ1n) is 5.97. The lowest BCUT2D eigenvalue weighted by Crippen LogP contribution is -2.24. The number of hydrogen-bond donors (Lipinski definition) is 0. The maximum atomic E-state index is 11.8. The summed E-state index contributed by atoms with van der Waals surface area (Å²) in [7, 11) is 0. The fraction of sp³-hybridized carbons (Fsp3) is 0.462. The Hall–Kier alpha value is -2.29. The summed E-state index contributed by atoms with van der Waals surface area (Å²) in [5.74, 6) is 1.67. The molecule has 1 atom stereocenters. The average molecular weight is 262 g/mol. The lowest BCUT2D eigenvalue weighted by atomic mass is 10.1. The van der Waals surface area contributed by atoms with Gasteiger partial charge in [0.25, 0.3) is 0 Å².